The molecule has 4 aliphatic rings. The third-order valence-electron chi connectivity index (χ3n) is 12.4. The van der Waals surface area contributed by atoms with E-state index in [-0.39, 0.29) is 28.2 Å². The lowest BCUT2D eigenvalue weighted by Gasteiger charge is -2.36. The molecule has 2 fully saturated rings. The number of hydrogen-bond acceptors (Lipinski definition) is 9. The molecule has 1 aliphatic carbocycles. The van der Waals surface area contributed by atoms with Crippen LogP contribution in [0.5, 0.6) is 0 Å². The first-order valence-corrected chi connectivity index (χ1v) is 20.3. The Morgan fingerprint density at radius 1 is 0.842 bits per heavy atom. The van der Waals surface area contributed by atoms with Crippen LogP contribution in [0, 0.1) is 23.2 Å². The van der Waals surface area contributed by atoms with Crippen LogP contribution in [0.3, 0.4) is 0 Å². The molecule has 57 heavy (non-hydrogen) atoms. The maximum absolute atomic E-state index is 13.8. The molecule has 0 atom stereocenters. The minimum atomic E-state index is -0.694. The van der Waals surface area contributed by atoms with Crippen molar-refractivity contribution in [3.63, 3.8) is 0 Å². The highest BCUT2D eigenvalue weighted by atomic mass is 35.5. The average molecular weight is 794 g/mol. The zero-order valence-corrected chi connectivity index (χ0v) is 33.1. The highest BCUT2D eigenvalue weighted by molar-refractivity contribution is 6.36. The molecule has 3 aliphatic heterocycles. The minimum absolute atomic E-state index is 0.227. The number of fused-ring (bicyclic) bond motifs is 2. The number of benzene rings is 2. The lowest BCUT2D eigenvalue weighted by atomic mass is 9.81. The van der Waals surface area contributed by atoms with E-state index in [1.54, 1.807) is 36.4 Å². The molecule has 2 amide bonds. The Morgan fingerprint density at radius 3 is 2.09 bits per heavy atom. The van der Waals surface area contributed by atoms with Crippen molar-refractivity contribution in [1.82, 2.24) is 28.9 Å². The summed E-state index contributed by atoms with van der Waals surface area (Å²) in [5.74, 6) is -0.722. The Labute approximate surface area is 336 Å². The molecule has 8 rings (SSSR count). The molecule has 0 radical (unpaired) electrons. The summed E-state index contributed by atoms with van der Waals surface area (Å²) in [7, 11) is 3.71. The number of anilines is 2. The van der Waals surface area contributed by atoms with Crippen molar-refractivity contribution >= 4 is 40.8 Å². The number of hydrogen-bond donors (Lipinski definition) is 3. The first kappa shape index (κ1) is 38.8. The molecule has 0 spiro atoms. The number of carbonyl (C=O) groups is 3. The molecule has 298 valence electrons. The Morgan fingerprint density at radius 2 is 1.44 bits per heavy atom. The topological polar surface area (TPSA) is 171 Å². The number of carbonyl (C=O) groups excluding carboxylic acids is 2. The predicted octanol–water partition coefficient (Wildman–Crippen LogP) is 5.64. The van der Waals surface area contributed by atoms with E-state index in [4.69, 9.17) is 26.3 Å². The van der Waals surface area contributed by atoms with Crippen molar-refractivity contribution in [3.8, 4) is 17.2 Å². The van der Waals surface area contributed by atoms with Gasteiger partial charge in [-0.25, -0.2) is 9.97 Å². The largest absolute Gasteiger partial charge is 0.481 e. The third kappa shape index (κ3) is 7.81. The van der Waals surface area contributed by atoms with Crippen LogP contribution in [0.2, 0.25) is 5.02 Å². The summed E-state index contributed by atoms with van der Waals surface area (Å²) in [5, 5.41) is 25.9. The number of imidazole rings is 2. The van der Waals surface area contributed by atoms with Crippen molar-refractivity contribution < 1.29 is 24.2 Å². The van der Waals surface area contributed by atoms with Gasteiger partial charge in [0.2, 0.25) is 0 Å². The Kier molecular flexibility index (Phi) is 11.2. The molecule has 0 bridgehead atoms. The third-order valence-corrected chi connectivity index (χ3v) is 12.8. The van der Waals surface area contributed by atoms with E-state index in [0.29, 0.717) is 53.4 Å². The fraction of sp³-hybridized carbons (Fsp3) is 0.476. The first-order valence-electron chi connectivity index (χ1n) is 19.9. The van der Waals surface area contributed by atoms with Gasteiger partial charge in [-0.05, 0) is 56.6 Å². The summed E-state index contributed by atoms with van der Waals surface area (Å²) in [6.07, 6.45) is 6.81. The second-order valence-corrected chi connectivity index (χ2v) is 16.2. The zero-order valence-electron chi connectivity index (χ0n) is 32.4. The van der Waals surface area contributed by atoms with E-state index in [1.807, 2.05) is 23.2 Å². The van der Waals surface area contributed by atoms with Gasteiger partial charge >= 0.3 is 5.97 Å². The lowest BCUT2D eigenvalue weighted by Crippen LogP contribution is -2.42. The fourth-order valence-corrected chi connectivity index (χ4v) is 9.48. The maximum atomic E-state index is 13.8. The molecule has 1 saturated heterocycles. The maximum Gasteiger partial charge on any atom is 0.306 e. The van der Waals surface area contributed by atoms with Crippen LogP contribution in [-0.2, 0) is 49.6 Å². The summed E-state index contributed by atoms with van der Waals surface area (Å²) >= 11 is 6.98. The number of nitrogens with zero attached hydrogens (tertiary/aromatic N) is 7. The summed E-state index contributed by atoms with van der Waals surface area (Å²) < 4.78 is 9.26. The number of nitrogens with one attached hydrogen (secondary N) is 2. The van der Waals surface area contributed by atoms with E-state index < -0.39 is 11.9 Å². The van der Waals surface area contributed by atoms with Crippen molar-refractivity contribution in [1.29, 1.82) is 5.26 Å². The number of rotatable bonds is 9. The van der Waals surface area contributed by atoms with Gasteiger partial charge in [0.15, 0.2) is 11.6 Å². The van der Waals surface area contributed by atoms with Crippen LogP contribution >= 0.6 is 11.6 Å². The Balaban J connectivity index is 0.956. The van der Waals surface area contributed by atoms with Crippen LogP contribution in [0.1, 0.15) is 88.1 Å². The van der Waals surface area contributed by atoms with Crippen LogP contribution in [0.25, 0.3) is 11.1 Å². The smallest absolute Gasteiger partial charge is 0.306 e. The second kappa shape index (κ2) is 16.4. The van der Waals surface area contributed by atoms with Gasteiger partial charge < -0.3 is 29.6 Å². The fourth-order valence-electron chi connectivity index (χ4n) is 9.21. The van der Waals surface area contributed by atoms with Gasteiger partial charge in [0.25, 0.3) is 11.8 Å². The number of amides is 2. The Bertz CT molecular complexity index is 2250. The van der Waals surface area contributed by atoms with Gasteiger partial charge in [-0.1, -0.05) is 35.9 Å². The molecular weight excluding hydrogens is 746 g/mol. The first-order chi connectivity index (χ1) is 27.6. The standard InChI is InChI=1S/C42H48ClN9O5/c1-49-35-13-17-51(22-25-9-11-26(12-10-25)42(55)56)23-33(35)45-38(49)40(53)47-31-7-3-5-28(30(31)21-44)29-6-4-8-32(37(29)43)48-41(54)39-46-34-24-52(18-14-36(34)50(39)2)27-15-19-57-20-16-27/h3-8,25-27H,9-20,22-24H2,1-2H3,(H,47,53)(H,48,54)(H,55,56)/t25-,26-. The number of aliphatic carboxylic acids is 1. The van der Waals surface area contributed by atoms with Gasteiger partial charge in [-0.3, -0.25) is 24.2 Å². The van der Waals surface area contributed by atoms with Crippen molar-refractivity contribution in [2.45, 2.75) is 70.5 Å². The van der Waals surface area contributed by atoms with Crippen LogP contribution in [0.15, 0.2) is 36.4 Å². The predicted molar refractivity (Wildman–Crippen MR) is 214 cm³/mol. The molecule has 2 aromatic heterocycles. The monoisotopic (exact) mass is 793 g/mol. The van der Waals surface area contributed by atoms with E-state index >= 15 is 0 Å². The van der Waals surface area contributed by atoms with Crippen LogP contribution < -0.4 is 10.6 Å². The summed E-state index contributed by atoms with van der Waals surface area (Å²) in [4.78, 5) is 53.2. The highest BCUT2D eigenvalue weighted by Gasteiger charge is 2.32. The molecule has 4 aromatic rings. The number of ether oxygens (including phenoxy) is 1. The van der Waals surface area contributed by atoms with Gasteiger partial charge in [0.1, 0.15) is 6.07 Å². The molecule has 5 heterocycles. The highest BCUT2D eigenvalue weighted by Crippen LogP contribution is 2.38. The van der Waals surface area contributed by atoms with E-state index in [2.05, 4.69) is 26.5 Å². The molecule has 0 unspecified atom stereocenters. The average Bonchev–Trinajstić information content (AvgIpc) is 3.74. The molecule has 3 N–H and O–H groups in total. The molecule has 2 aromatic carbocycles. The second-order valence-electron chi connectivity index (χ2n) is 15.8. The minimum Gasteiger partial charge on any atom is -0.481 e. The van der Waals surface area contributed by atoms with Crippen molar-refractivity contribution in [2.24, 2.45) is 25.9 Å². The molecule has 14 nitrogen and oxygen atoms in total. The quantitative estimate of drug-likeness (QED) is 0.193. The van der Waals surface area contributed by atoms with Crippen LogP contribution in [-0.4, -0.2) is 90.7 Å². The zero-order chi connectivity index (χ0) is 39.8. The number of aromatic nitrogens is 4. The van der Waals surface area contributed by atoms with Gasteiger partial charge in [0, 0.05) is 101 Å². The van der Waals surface area contributed by atoms with Crippen LogP contribution in [0.4, 0.5) is 11.4 Å². The van der Waals surface area contributed by atoms with Crippen molar-refractivity contribution in [3.05, 3.63) is 81.4 Å². The van der Waals surface area contributed by atoms with E-state index in [9.17, 15) is 24.8 Å². The summed E-state index contributed by atoms with van der Waals surface area (Å²) in [5.41, 5.74) is 5.79. The number of halogens is 1. The van der Waals surface area contributed by atoms with Gasteiger partial charge in [0.05, 0.1) is 39.3 Å². The van der Waals surface area contributed by atoms with E-state index in [1.165, 1.54) is 0 Å². The SMILES string of the molecule is Cn1c(C(=O)Nc2cccc(-c3cccc(NC(=O)c4nc5c(n4C)CCN(C[C@H]4CC[C@H](C(=O)O)CC4)C5)c3C#N)c2Cl)nc2c1CCN(C1CCOCC1)C2. The van der Waals surface area contributed by atoms with Gasteiger partial charge in [-0.2, -0.15) is 5.26 Å². The van der Waals surface area contributed by atoms with Gasteiger partial charge in [-0.15, -0.1) is 0 Å². The number of nitriles is 1. The Hall–Kier alpha value is -5.07. The normalized spacial score (nSPS) is 20.3. The van der Waals surface area contributed by atoms with E-state index in [0.717, 1.165) is 107 Å². The molecule has 1 saturated carbocycles. The summed E-state index contributed by atoms with van der Waals surface area (Å²) in [6, 6.07) is 13.2. The number of carboxylic acids is 1. The number of carboxylic acid groups (broad SMARTS) is 1. The summed E-state index contributed by atoms with van der Waals surface area (Å²) in [6.45, 7) is 5.50. The lowest BCUT2D eigenvalue weighted by molar-refractivity contribution is -0.143. The molecule has 15 heteroatoms. The van der Waals surface area contributed by atoms with Crippen molar-refractivity contribution in [2.75, 3.05) is 43.5 Å². The molecular formula is C42H48ClN9O5.